The second-order valence-electron chi connectivity index (χ2n) is 5.53. The molecule has 0 spiro atoms. The molecule has 1 unspecified atom stereocenters. The Morgan fingerprint density at radius 1 is 1.28 bits per heavy atom. The molecule has 0 saturated heterocycles. The minimum atomic E-state index is 0.483. The minimum absolute atomic E-state index is 0.483. The van der Waals surface area contributed by atoms with Gasteiger partial charge < -0.3 is 0 Å². The molecule has 18 heavy (non-hydrogen) atoms. The molecule has 0 amide bonds. The Hall–Kier alpha value is -1.38. The van der Waals surface area contributed by atoms with E-state index in [4.69, 9.17) is 5.41 Å². The van der Waals surface area contributed by atoms with E-state index in [1.165, 1.54) is 11.9 Å². The van der Waals surface area contributed by atoms with E-state index in [1.54, 1.807) is 4.90 Å². The molecule has 0 bridgehead atoms. The maximum absolute atomic E-state index is 7.47. The molecular formula is C15H25N3. The highest BCUT2D eigenvalue weighted by atomic mass is 15.2. The molecule has 1 aliphatic heterocycles. The molecular weight excluding hydrogens is 222 g/mol. The monoisotopic (exact) mass is 247 g/mol. The molecule has 0 aliphatic carbocycles. The molecule has 1 atom stereocenters. The second kappa shape index (κ2) is 6.53. The van der Waals surface area contributed by atoms with Gasteiger partial charge in [0.25, 0.3) is 0 Å². The topological polar surface area (TPSA) is 39.5 Å². The van der Waals surface area contributed by atoms with E-state index in [0.717, 1.165) is 12.4 Å². The van der Waals surface area contributed by atoms with Crippen LogP contribution in [-0.2, 0) is 0 Å². The van der Waals surface area contributed by atoms with Crippen LogP contribution in [0.3, 0.4) is 0 Å². The molecule has 3 heteroatoms. The molecule has 100 valence electrons. The molecule has 0 aromatic heterocycles. The zero-order valence-electron chi connectivity index (χ0n) is 12.1. The van der Waals surface area contributed by atoms with Crippen molar-refractivity contribution < 1.29 is 0 Å². The maximum atomic E-state index is 7.47. The van der Waals surface area contributed by atoms with Crippen LogP contribution in [-0.4, -0.2) is 23.6 Å². The number of nitrogens with one attached hydrogen (secondary N) is 1. The van der Waals surface area contributed by atoms with Crippen LogP contribution in [0.15, 0.2) is 28.9 Å². The van der Waals surface area contributed by atoms with Crippen LogP contribution in [0.2, 0.25) is 0 Å². The Morgan fingerprint density at radius 2 is 1.94 bits per heavy atom. The van der Waals surface area contributed by atoms with Crippen molar-refractivity contribution in [3.8, 4) is 0 Å². The summed E-state index contributed by atoms with van der Waals surface area (Å²) >= 11 is 0. The fourth-order valence-corrected chi connectivity index (χ4v) is 1.57. The van der Waals surface area contributed by atoms with Gasteiger partial charge in [-0.05, 0) is 29.4 Å². The lowest BCUT2D eigenvalue weighted by Crippen LogP contribution is -2.27. The lowest BCUT2D eigenvalue weighted by atomic mass is 9.97. The van der Waals surface area contributed by atoms with Gasteiger partial charge in [-0.3, -0.25) is 15.3 Å². The fraction of sp³-hybridized carbons (Fsp3) is 0.600. The van der Waals surface area contributed by atoms with Crippen molar-refractivity contribution in [3.05, 3.63) is 23.9 Å². The summed E-state index contributed by atoms with van der Waals surface area (Å²) in [6.45, 7) is 11.7. The minimum Gasteiger partial charge on any atom is -0.293 e. The molecule has 0 aromatic carbocycles. The van der Waals surface area contributed by atoms with Crippen molar-refractivity contribution in [3.63, 3.8) is 0 Å². The third-order valence-corrected chi connectivity index (χ3v) is 3.47. The number of aliphatic imine (C=N–C) groups is 1. The average molecular weight is 247 g/mol. The van der Waals surface area contributed by atoms with Gasteiger partial charge in [0.2, 0.25) is 0 Å². The molecule has 1 aliphatic rings. The lowest BCUT2D eigenvalue weighted by Gasteiger charge is -2.23. The van der Waals surface area contributed by atoms with Crippen LogP contribution in [0.1, 0.15) is 34.6 Å². The number of rotatable bonds is 5. The average Bonchev–Trinajstić information content (AvgIpc) is 2.35. The van der Waals surface area contributed by atoms with E-state index in [-0.39, 0.29) is 0 Å². The molecule has 1 rings (SSSR count). The van der Waals surface area contributed by atoms with Crippen LogP contribution < -0.4 is 0 Å². The Kier molecular flexibility index (Phi) is 5.32. The summed E-state index contributed by atoms with van der Waals surface area (Å²) in [5, 5.41) is 7.47. The number of allylic oxidation sites excluding steroid dienone is 1. The van der Waals surface area contributed by atoms with Crippen molar-refractivity contribution in [2.75, 3.05) is 6.54 Å². The van der Waals surface area contributed by atoms with Gasteiger partial charge in [0.05, 0.1) is 12.9 Å². The first kappa shape index (κ1) is 14.7. The third-order valence-electron chi connectivity index (χ3n) is 3.47. The van der Waals surface area contributed by atoms with Crippen molar-refractivity contribution in [2.45, 2.75) is 34.6 Å². The summed E-state index contributed by atoms with van der Waals surface area (Å²) in [6, 6.07) is 0. The van der Waals surface area contributed by atoms with E-state index in [9.17, 15) is 0 Å². The summed E-state index contributed by atoms with van der Waals surface area (Å²) in [5.74, 6) is 2.50. The highest BCUT2D eigenvalue weighted by Gasteiger charge is 2.14. The number of hydrogen-bond acceptors (Lipinski definition) is 2. The Labute approximate surface area is 111 Å². The van der Waals surface area contributed by atoms with Crippen LogP contribution >= 0.6 is 0 Å². The van der Waals surface area contributed by atoms with Crippen LogP contribution in [0, 0.1) is 23.2 Å². The molecule has 3 nitrogen and oxygen atoms in total. The molecule has 0 aromatic rings. The van der Waals surface area contributed by atoms with Gasteiger partial charge >= 0.3 is 0 Å². The van der Waals surface area contributed by atoms with Crippen LogP contribution in [0.25, 0.3) is 0 Å². The van der Waals surface area contributed by atoms with Crippen molar-refractivity contribution in [1.82, 2.24) is 4.90 Å². The summed E-state index contributed by atoms with van der Waals surface area (Å²) in [7, 11) is 0. The Morgan fingerprint density at radius 3 is 2.44 bits per heavy atom. The largest absolute Gasteiger partial charge is 0.293 e. The van der Waals surface area contributed by atoms with E-state index in [2.05, 4.69) is 45.7 Å². The van der Waals surface area contributed by atoms with E-state index in [1.807, 2.05) is 12.3 Å². The first-order chi connectivity index (χ1) is 8.45. The number of nitrogens with zero attached hydrogens (tertiary/aromatic N) is 2. The molecule has 0 saturated carbocycles. The number of hydrogen-bond donors (Lipinski definition) is 1. The quantitative estimate of drug-likeness (QED) is 0.584. The van der Waals surface area contributed by atoms with Crippen molar-refractivity contribution >= 4 is 12.2 Å². The van der Waals surface area contributed by atoms with E-state index < -0.39 is 0 Å². The van der Waals surface area contributed by atoms with Gasteiger partial charge in [0.15, 0.2) is 0 Å². The second-order valence-corrected chi connectivity index (χ2v) is 5.53. The maximum Gasteiger partial charge on any atom is 0.132 e. The first-order valence-corrected chi connectivity index (χ1v) is 6.67. The standard InChI is InChI=1S/C15H25N3/c1-11(2)13(5)6-7-15-17-8-14(12(3)4)9-18(15)10-16/h6-7,9-13,16H,8H2,1-5H3/b7-6-,16-10?. The van der Waals surface area contributed by atoms with Gasteiger partial charge in [-0.15, -0.1) is 0 Å². The first-order valence-electron chi connectivity index (χ1n) is 6.67. The van der Waals surface area contributed by atoms with E-state index >= 15 is 0 Å². The molecule has 0 fully saturated rings. The smallest absolute Gasteiger partial charge is 0.132 e. The predicted octanol–water partition coefficient (Wildman–Crippen LogP) is 3.70. The molecule has 1 heterocycles. The number of amidine groups is 1. The zero-order chi connectivity index (χ0) is 13.7. The van der Waals surface area contributed by atoms with Crippen molar-refractivity contribution in [1.29, 1.82) is 5.41 Å². The van der Waals surface area contributed by atoms with Crippen LogP contribution in [0.4, 0.5) is 0 Å². The zero-order valence-corrected chi connectivity index (χ0v) is 12.1. The molecule has 1 N–H and O–H groups in total. The van der Waals surface area contributed by atoms with Gasteiger partial charge in [0.1, 0.15) is 5.84 Å². The van der Waals surface area contributed by atoms with Gasteiger partial charge in [0, 0.05) is 6.20 Å². The summed E-state index contributed by atoms with van der Waals surface area (Å²) < 4.78 is 0. The van der Waals surface area contributed by atoms with E-state index in [0.29, 0.717) is 17.8 Å². The summed E-state index contributed by atoms with van der Waals surface area (Å²) in [6.07, 6.45) is 7.56. The van der Waals surface area contributed by atoms with Gasteiger partial charge in [-0.1, -0.05) is 40.7 Å². The van der Waals surface area contributed by atoms with Gasteiger partial charge in [-0.2, -0.15) is 0 Å². The van der Waals surface area contributed by atoms with Gasteiger partial charge in [-0.25, -0.2) is 0 Å². The van der Waals surface area contributed by atoms with Crippen molar-refractivity contribution in [2.24, 2.45) is 22.7 Å². The fourth-order valence-electron chi connectivity index (χ4n) is 1.57. The lowest BCUT2D eigenvalue weighted by molar-refractivity contribution is 0.504. The third kappa shape index (κ3) is 3.83. The van der Waals surface area contributed by atoms with Crippen LogP contribution in [0.5, 0.6) is 0 Å². The Balaban J connectivity index is 2.77. The summed E-state index contributed by atoms with van der Waals surface area (Å²) in [5.41, 5.74) is 1.27. The predicted molar refractivity (Wildman–Crippen MR) is 79.0 cm³/mol. The summed E-state index contributed by atoms with van der Waals surface area (Å²) in [4.78, 5) is 6.35. The highest BCUT2D eigenvalue weighted by Crippen LogP contribution is 2.17. The highest BCUT2D eigenvalue weighted by molar-refractivity contribution is 6.01. The normalized spacial score (nSPS) is 18.3. The SMILES string of the molecule is CC(C)C1=CN(C=N)C(/C=C\C(C)C(C)C)=NC1. The molecule has 0 radical (unpaired) electrons. The Bertz CT molecular complexity index is 375.